The van der Waals surface area contributed by atoms with E-state index in [1.807, 2.05) is 21.9 Å². The molecule has 0 bridgehead atoms. The van der Waals surface area contributed by atoms with Crippen LogP contribution in [0.4, 0.5) is 5.82 Å². The van der Waals surface area contributed by atoms with Gasteiger partial charge < -0.3 is 9.80 Å². The molecule has 3 rings (SSSR count). The fourth-order valence-electron chi connectivity index (χ4n) is 2.88. The summed E-state index contributed by atoms with van der Waals surface area (Å²) in [4.78, 5) is 45.1. The second-order valence-corrected chi connectivity index (χ2v) is 7.13. The molecule has 138 valence electrons. The number of rotatable bonds is 4. The Balaban J connectivity index is 1.60. The number of carbonyl (C=O) groups is 1. The molecular weight excluding hydrogens is 354 g/mol. The summed E-state index contributed by atoms with van der Waals surface area (Å²) in [5.74, 6) is 1.06. The Labute approximate surface area is 155 Å². The van der Waals surface area contributed by atoms with E-state index in [0.29, 0.717) is 37.7 Å². The van der Waals surface area contributed by atoms with E-state index >= 15 is 0 Å². The highest BCUT2D eigenvalue weighted by Crippen LogP contribution is 2.18. The molecule has 0 atom stereocenters. The van der Waals surface area contributed by atoms with Crippen LogP contribution in [0.15, 0.2) is 45.1 Å². The zero-order valence-corrected chi connectivity index (χ0v) is 15.6. The molecule has 2 aromatic heterocycles. The average Bonchev–Trinajstić information content (AvgIpc) is 2.68. The molecule has 3 heterocycles. The van der Waals surface area contributed by atoms with Crippen LogP contribution in [0.25, 0.3) is 0 Å². The molecule has 0 radical (unpaired) electrons. The van der Waals surface area contributed by atoms with E-state index in [0.717, 1.165) is 9.46 Å². The van der Waals surface area contributed by atoms with Crippen LogP contribution in [0.1, 0.15) is 0 Å². The Bertz CT molecular complexity index is 901. The van der Waals surface area contributed by atoms with Gasteiger partial charge in [0.15, 0.2) is 0 Å². The third kappa shape index (κ3) is 3.82. The van der Waals surface area contributed by atoms with Gasteiger partial charge in [-0.2, -0.15) is 0 Å². The summed E-state index contributed by atoms with van der Waals surface area (Å²) in [5, 5.41) is 0. The van der Waals surface area contributed by atoms with Gasteiger partial charge in [-0.05, 0) is 12.1 Å². The molecule has 0 aliphatic carbocycles. The molecule has 1 amide bonds. The molecule has 0 aromatic carbocycles. The van der Waals surface area contributed by atoms with Gasteiger partial charge in [0.25, 0.3) is 5.56 Å². The predicted molar refractivity (Wildman–Crippen MR) is 101 cm³/mol. The van der Waals surface area contributed by atoms with Gasteiger partial charge in [-0.3, -0.25) is 23.7 Å². The van der Waals surface area contributed by atoms with Crippen LogP contribution in [0.3, 0.4) is 0 Å². The highest BCUT2D eigenvalue weighted by Gasteiger charge is 2.23. The van der Waals surface area contributed by atoms with Crippen LogP contribution < -0.4 is 16.1 Å². The van der Waals surface area contributed by atoms with E-state index in [4.69, 9.17) is 0 Å². The van der Waals surface area contributed by atoms with Crippen molar-refractivity contribution in [3.63, 3.8) is 0 Å². The third-order valence-electron chi connectivity index (χ3n) is 4.47. The number of aromatic nitrogens is 3. The molecule has 9 heteroatoms. The van der Waals surface area contributed by atoms with Gasteiger partial charge in [-0.1, -0.05) is 0 Å². The first-order valence-electron chi connectivity index (χ1n) is 8.30. The highest BCUT2D eigenvalue weighted by atomic mass is 32.2. The fourth-order valence-corrected chi connectivity index (χ4v) is 3.67. The summed E-state index contributed by atoms with van der Waals surface area (Å²) in [6.07, 6.45) is 3.42. The van der Waals surface area contributed by atoms with Crippen molar-refractivity contribution in [2.24, 2.45) is 14.1 Å². The van der Waals surface area contributed by atoms with Crippen LogP contribution in [-0.4, -0.2) is 56.9 Å². The van der Waals surface area contributed by atoms with Gasteiger partial charge in [0, 0.05) is 63.6 Å². The molecule has 0 spiro atoms. The van der Waals surface area contributed by atoms with Gasteiger partial charge in [-0.25, -0.2) is 4.79 Å². The first-order valence-corrected chi connectivity index (χ1v) is 9.28. The number of piperazine rings is 1. The molecule has 1 fully saturated rings. The van der Waals surface area contributed by atoms with E-state index in [1.165, 1.54) is 29.4 Å². The average molecular weight is 375 g/mol. The zero-order valence-electron chi connectivity index (χ0n) is 14.8. The van der Waals surface area contributed by atoms with Crippen LogP contribution in [0.5, 0.6) is 0 Å². The Kier molecular flexibility index (Phi) is 5.46. The normalized spacial score (nSPS) is 14.5. The van der Waals surface area contributed by atoms with Crippen molar-refractivity contribution in [1.82, 2.24) is 19.0 Å². The molecule has 1 saturated heterocycles. The lowest BCUT2D eigenvalue weighted by atomic mass is 10.3. The Morgan fingerprint density at radius 2 is 1.73 bits per heavy atom. The molecule has 8 nitrogen and oxygen atoms in total. The van der Waals surface area contributed by atoms with Crippen LogP contribution in [-0.2, 0) is 18.9 Å². The molecule has 0 N–H and O–H groups in total. The SMILES string of the molecule is Cn1c(N2CCN(C(=O)CSc3ccncc3)CC2)cc(=O)n(C)c1=O. The number of hydrogen-bond donors (Lipinski definition) is 0. The molecule has 0 saturated carbocycles. The smallest absolute Gasteiger partial charge is 0.332 e. The first-order chi connectivity index (χ1) is 12.5. The quantitative estimate of drug-likeness (QED) is 0.696. The Hall–Kier alpha value is -2.55. The second kappa shape index (κ2) is 7.77. The van der Waals surface area contributed by atoms with E-state index < -0.39 is 0 Å². The van der Waals surface area contributed by atoms with Crippen LogP contribution in [0, 0.1) is 0 Å². The van der Waals surface area contributed by atoms with Crippen molar-refractivity contribution in [1.29, 1.82) is 0 Å². The summed E-state index contributed by atoms with van der Waals surface area (Å²) in [7, 11) is 3.12. The highest BCUT2D eigenvalue weighted by molar-refractivity contribution is 8.00. The van der Waals surface area contributed by atoms with E-state index in [2.05, 4.69) is 4.98 Å². The lowest BCUT2D eigenvalue weighted by Gasteiger charge is -2.36. The van der Waals surface area contributed by atoms with Crippen molar-refractivity contribution in [2.45, 2.75) is 4.90 Å². The summed E-state index contributed by atoms with van der Waals surface area (Å²) < 4.78 is 2.55. The largest absolute Gasteiger partial charge is 0.354 e. The number of nitrogens with zero attached hydrogens (tertiary/aromatic N) is 5. The van der Waals surface area contributed by atoms with E-state index in [-0.39, 0.29) is 17.2 Å². The maximum absolute atomic E-state index is 12.4. The summed E-state index contributed by atoms with van der Waals surface area (Å²) >= 11 is 1.49. The van der Waals surface area contributed by atoms with Crippen LogP contribution in [0.2, 0.25) is 0 Å². The number of hydrogen-bond acceptors (Lipinski definition) is 6. The predicted octanol–water partition coefficient (Wildman–Crippen LogP) is -0.0801. The lowest BCUT2D eigenvalue weighted by molar-refractivity contribution is -0.128. The summed E-state index contributed by atoms with van der Waals surface area (Å²) in [5.41, 5.74) is -0.671. The number of pyridine rings is 1. The minimum Gasteiger partial charge on any atom is -0.354 e. The Morgan fingerprint density at radius 1 is 1.08 bits per heavy atom. The second-order valence-electron chi connectivity index (χ2n) is 6.08. The van der Waals surface area contributed by atoms with Crippen molar-refractivity contribution < 1.29 is 4.79 Å². The van der Waals surface area contributed by atoms with Crippen molar-refractivity contribution in [3.8, 4) is 0 Å². The lowest BCUT2D eigenvalue weighted by Crippen LogP contribution is -2.51. The standard InChI is InChI=1S/C17H21N5O3S/c1-19-14(11-15(23)20(2)17(19)25)21-7-9-22(10-8-21)16(24)12-26-13-3-5-18-6-4-13/h3-6,11H,7-10,12H2,1-2H3. The zero-order chi connectivity index (χ0) is 18.7. The number of thioether (sulfide) groups is 1. The fraction of sp³-hybridized carbons (Fsp3) is 0.412. The van der Waals surface area contributed by atoms with E-state index in [9.17, 15) is 14.4 Å². The first kappa shape index (κ1) is 18.2. The van der Waals surface area contributed by atoms with Crippen LogP contribution >= 0.6 is 11.8 Å². The maximum atomic E-state index is 12.4. The van der Waals surface area contributed by atoms with Gasteiger partial charge in [0.05, 0.1) is 5.75 Å². The molecule has 0 unspecified atom stereocenters. The maximum Gasteiger partial charge on any atom is 0.332 e. The van der Waals surface area contributed by atoms with Gasteiger partial charge >= 0.3 is 5.69 Å². The molecular formula is C17H21N5O3S. The number of carbonyl (C=O) groups excluding carboxylic acids is 1. The van der Waals surface area contributed by atoms with Crippen molar-refractivity contribution in [2.75, 3.05) is 36.8 Å². The summed E-state index contributed by atoms with van der Waals surface area (Å²) in [6.45, 7) is 2.32. The van der Waals surface area contributed by atoms with Crippen molar-refractivity contribution >= 4 is 23.5 Å². The van der Waals surface area contributed by atoms with Crippen molar-refractivity contribution in [3.05, 3.63) is 51.4 Å². The molecule has 1 aliphatic rings. The van der Waals surface area contributed by atoms with E-state index in [1.54, 1.807) is 19.4 Å². The molecule has 26 heavy (non-hydrogen) atoms. The van der Waals surface area contributed by atoms with Gasteiger partial charge in [0.2, 0.25) is 5.91 Å². The van der Waals surface area contributed by atoms with Gasteiger partial charge in [-0.15, -0.1) is 11.8 Å². The van der Waals surface area contributed by atoms with Gasteiger partial charge in [0.1, 0.15) is 5.82 Å². The monoisotopic (exact) mass is 375 g/mol. The Morgan fingerprint density at radius 3 is 2.38 bits per heavy atom. The minimum atomic E-state index is -0.347. The third-order valence-corrected chi connectivity index (χ3v) is 5.47. The summed E-state index contributed by atoms with van der Waals surface area (Å²) in [6, 6.07) is 5.23. The topological polar surface area (TPSA) is 80.4 Å². The molecule has 2 aromatic rings. The number of amides is 1. The minimum absolute atomic E-state index is 0.0873. The number of anilines is 1. The molecule has 1 aliphatic heterocycles.